The number of nitrogens with two attached hydrogens (primary N) is 1. The van der Waals surface area contributed by atoms with Crippen LogP contribution in [0, 0.1) is 5.92 Å². The van der Waals surface area contributed by atoms with E-state index in [0.29, 0.717) is 25.2 Å². The van der Waals surface area contributed by atoms with Crippen LogP contribution in [0.5, 0.6) is 0 Å². The molecule has 3 N–H and O–H groups in total. The number of nitrogens with zero attached hydrogens (tertiary/aromatic N) is 2. The maximum absolute atomic E-state index is 12.4. The van der Waals surface area contributed by atoms with Gasteiger partial charge in [0.15, 0.2) is 0 Å². The Balaban J connectivity index is 1.24. The minimum atomic E-state index is 0.161. The van der Waals surface area contributed by atoms with Crippen molar-refractivity contribution in [2.75, 3.05) is 39.3 Å². The van der Waals surface area contributed by atoms with E-state index in [9.17, 15) is 4.79 Å². The first kappa shape index (κ1) is 19.9. The van der Waals surface area contributed by atoms with Crippen LogP contribution in [-0.4, -0.2) is 67.1 Å². The summed E-state index contributed by atoms with van der Waals surface area (Å²) in [7, 11) is 0. The van der Waals surface area contributed by atoms with E-state index < -0.39 is 0 Å². The predicted molar refractivity (Wildman–Crippen MR) is 113 cm³/mol. The zero-order valence-corrected chi connectivity index (χ0v) is 17.1. The third kappa shape index (κ3) is 4.58. The van der Waals surface area contributed by atoms with Gasteiger partial charge in [-0.25, -0.2) is 0 Å². The van der Waals surface area contributed by atoms with Crippen molar-refractivity contribution in [3.8, 4) is 0 Å². The number of carbonyl (C=O) groups excluding carboxylic acids is 1. The monoisotopic (exact) mass is 384 g/mol. The summed E-state index contributed by atoms with van der Waals surface area (Å²) < 4.78 is 0. The number of carbonyl (C=O) groups is 1. The third-order valence-electron chi connectivity index (χ3n) is 7.07. The Bertz CT molecular complexity index is 631. The summed E-state index contributed by atoms with van der Waals surface area (Å²) in [5.74, 6) is 0.396. The molecule has 3 aliphatic rings. The summed E-state index contributed by atoms with van der Waals surface area (Å²) >= 11 is 0. The summed E-state index contributed by atoms with van der Waals surface area (Å²) in [5.41, 5.74) is 8.63. The Hall–Kier alpha value is -1.43. The second kappa shape index (κ2) is 9.38. The maximum atomic E-state index is 12.4. The van der Waals surface area contributed by atoms with Crippen molar-refractivity contribution in [3.63, 3.8) is 0 Å². The van der Waals surface area contributed by atoms with E-state index in [1.54, 1.807) is 11.1 Å². The van der Waals surface area contributed by atoms with Crippen LogP contribution in [0.3, 0.4) is 0 Å². The van der Waals surface area contributed by atoms with Crippen molar-refractivity contribution in [2.24, 2.45) is 11.7 Å². The van der Waals surface area contributed by atoms with Gasteiger partial charge >= 0.3 is 0 Å². The molecular formula is C23H36N4O. The van der Waals surface area contributed by atoms with Gasteiger partial charge < -0.3 is 11.1 Å². The number of hydrogen-bond acceptors (Lipinski definition) is 4. The third-order valence-corrected chi connectivity index (χ3v) is 7.07. The normalized spacial score (nSPS) is 25.0. The van der Waals surface area contributed by atoms with E-state index >= 15 is 0 Å². The number of hydrogen-bond donors (Lipinski definition) is 2. The van der Waals surface area contributed by atoms with E-state index in [-0.39, 0.29) is 11.8 Å². The largest absolute Gasteiger partial charge is 0.356 e. The standard InChI is InChI=1S/C23H36N4O/c24-10-4-11-25-23(28)20-7-3-12-27(17-20)21-8-13-26(14-9-21)22-15-18-5-1-2-6-19(18)16-22/h1-2,5-6,20-22H,3-4,7-17,24H2,(H,25,28)/t20-/m1/s1. The van der Waals surface area contributed by atoms with Crippen LogP contribution in [0.4, 0.5) is 0 Å². The van der Waals surface area contributed by atoms with Crippen molar-refractivity contribution < 1.29 is 4.79 Å². The van der Waals surface area contributed by atoms with Gasteiger partial charge in [-0.2, -0.15) is 0 Å². The predicted octanol–water partition coefficient (Wildman–Crippen LogP) is 1.80. The number of benzene rings is 1. The van der Waals surface area contributed by atoms with Gasteiger partial charge in [-0.3, -0.25) is 14.6 Å². The molecule has 4 rings (SSSR count). The topological polar surface area (TPSA) is 61.6 Å². The highest BCUT2D eigenvalue weighted by atomic mass is 16.1. The van der Waals surface area contributed by atoms with Crippen LogP contribution < -0.4 is 11.1 Å². The highest BCUT2D eigenvalue weighted by molar-refractivity contribution is 5.78. The summed E-state index contributed by atoms with van der Waals surface area (Å²) in [6.07, 6.45) is 7.97. The molecule has 28 heavy (non-hydrogen) atoms. The van der Waals surface area contributed by atoms with E-state index in [0.717, 1.165) is 32.4 Å². The number of likely N-dealkylation sites (tertiary alicyclic amines) is 2. The van der Waals surface area contributed by atoms with Gasteiger partial charge in [-0.15, -0.1) is 0 Å². The van der Waals surface area contributed by atoms with E-state index in [4.69, 9.17) is 5.73 Å². The smallest absolute Gasteiger partial charge is 0.224 e. The number of nitrogens with one attached hydrogen (secondary N) is 1. The Morgan fingerprint density at radius 2 is 1.71 bits per heavy atom. The van der Waals surface area contributed by atoms with E-state index in [1.807, 2.05) is 0 Å². The molecule has 5 nitrogen and oxygen atoms in total. The van der Waals surface area contributed by atoms with Gasteiger partial charge in [-0.05, 0) is 82.3 Å². The molecule has 154 valence electrons. The molecule has 0 saturated carbocycles. The summed E-state index contributed by atoms with van der Waals surface area (Å²) in [5, 5.41) is 3.08. The molecule has 1 aliphatic carbocycles. The molecule has 0 spiro atoms. The molecule has 0 bridgehead atoms. The van der Waals surface area contributed by atoms with Gasteiger partial charge in [-0.1, -0.05) is 24.3 Å². The highest BCUT2D eigenvalue weighted by Crippen LogP contribution is 2.29. The Labute approximate surface area is 169 Å². The second-order valence-corrected chi connectivity index (χ2v) is 8.87. The lowest BCUT2D eigenvalue weighted by Crippen LogP contribution is -2.52. The van der Waals surface area contributed by atoms with Crippen LogP contribution in [0.15, 0.2) is 24.3 Å². The lowest BCUT2D eigenvalue weighted by atomic mass is 9.92. The zero-order valence-electron chi connectivity index (χ0n) is 17.1. The fourth-order valence-electron chi connectivity index (χ4n) is 5.42. The Morgan fingerprint density at radius 3 is 2.39 bits per heavy atom. The average molecular weight is 385 g/mol. The molecular weight excluding hydrogens is 348 g/mol. The number of piperidine rings is 2. The molecule has 0 radical (unpaired) electrons. The number of fused-ring (bicyclic) bond motifs is 1. The van der Waals surface area contributed by atoms with Crippen LogP contribution in [0.25, 0.3) is 0 Å². The van der Waals surface area contributed by atoms with E-state index in [2.05, 4.69) is 39.4 Å². The summed E-state index contributed by atoms with van der Waals surface area (Å²) in [6, 6.07) is 10.3. The molecule has 1 amide bonds. The summed E-state index contributed by atoms with van der Waals surface area (Å²) in [4.78, 5) is 17.8. The van der Waals surface area contributed by atoms with Crippen molar-refractivity contribution in [3.05, 3.63) is 35.4 Å². The SMILES string of the molecule is NCCCNC(=O)[C@@H]1CCCN(C2CCN(C3Cc4ccccc4C3)CC2)C1. The van der Waals surface area contributed by atoms with Crippen molar-refractivity contribution >= 4 is 5.91 Å². The molecule has 2 saturated heterocycles. The first-order chi connectivity index (χ1) is 13.7. The molecule has 2 heterocycles. The van der Waals surface area contributed by atoms with Crippen LogP contribution in [0.2, 0.25) is 0 Å². The summed E-state index contributed by atoms with van der Waals surface area (Å²) in [6.45, 7) is 5.86. The van der Waals surface area contributed by atoms with Gasteiger partial charge in [0, 0.05) is 25.2 Å². The van der Waals surface area contributed by atoms with Crippen LogP contribution >= 0.6 is 0 Å². The quantitative estimate of drug-likeness (QED) is 0.734. The zero-order chi connectivity index (χ0) is 19.3. The second-order valence-electron chi connectivity index (χ2n) is 8.87. The molecule has 1 aromatic rings. The minimum Gasteiger partial charge on any atom is -0.356 e. The van der Waals surface area contributed by atoms with Crippen LogP contribution in [-0.2, 0) is 17.6 Å². The van der Waals surface area contributed by atoms with Crippen molar-refractivity contribution in [1.82, 2.24) is 15.1 Å². The van der Waals surface area contributed by atoms with E-state index in [1.165, 1.54) is 38.8 Å². The fourth-order valence-corrected chi connectivity index (χ4v) is 5.42. The van der Waals surface area contributed by atoms with Crippen molar-refractivity contribution in [2.45, 2.75) is 57.0 Å². The van der Waals surface area contributed by atoms with Gasteiger partial charge in [0.05, 0.1) is 5.92 Å². The first-order valence-electron chi connectivity index (χ1n) is 11.3. The molecule has 2 fully saturated rings. The maximum Gasteiger partial charge on any atom is 0.224 e. The lowest BCUT2D eigenvalue weighted by Gasteiger charge is -2.43. The molecule has 1 aromatic carbocycles. The van der Waals surface area contributed by atoms with Crippen LogP contribution in [0.1, 0.15) is 43.2 Å². The Morgan fingerprint density at radius 1 is 1.00 bits per heavy atom. The number of rotatable bonds is 6. The van der Waals surface area contributed by atoms with Crippen molar-refractivity contribution in [1.29, 1.82) is 0 Å². The van der Waals surface area contributed by atoms with Gasteiger partial charge in [0.25, 0.3) is 0 Å². The number of amides is 1. The highest BCUT2D eigenvalue weighted by Gasteiger charge is 2.34. The molecule has 2 aliphatic heterocycles. The molecule has 0 unspecified atom stereocenters. The molecule has 1 atom stereocenters. The molecule has 5 heteroatoms. The fraction of sp³-hybridized carbons (Fsp3) is 0.696. The average Bonchev–Trinajstić information content (AvgIpc) is 3.18. The molecule has 0 aromatic heterocycles. The Kier molecular flexibility index (Phi) is 6.65. The lowest BCUT2D eigenvalue weighted by molar-refractivity contribution is -0.127. The minimum absolute atomic E-state index is 0.161. The van der Waals surface area contributed by atoms with Gasteiger partial charge in [0.1, 0.15) is 0 Å². The first-order valence-corrected chi connectivity index (χ1v) is 11.3. The van der Waals surface area contributed by atoms with Gasteiger partial charge in [0.2, 0.25) is 5.91 Å².